The topological polar surface area (TPSA) is 0 Å². The van der Waals surface area contributed by atoms with Gasteiger partial charge in [0.25, 0.3) is 0 Å². The van der Waals surface area contributed by atoms with Gasteiger partial charge in [0.2, 0.25) is 0 Å². The minimum atomic E-state index is 0. The SMILES string of the molecule is [Mo].[Ni].[S]=[W]. The Morgan fingerprint density at radius 1 is 1.25 bits per heavy atom. The molecule has 0 unspecified atom stereocenters. The quantitative estimate of drug-likeness (QED) is 0.564. The van der Waals surface area contributed by atoms with E-state index in [4.69, 9.17) is 0 Å². The van der Waals surface area contributed by atoms with E-state index in [0.717, 1.165) is 0 Å². The van der Waals surface area contributed by atoms with Crippen LogP contribution in [0, 0.1) is 0 Å². The van der Waals surface area contributed by atoms with Gasteiger partial charge in [-0.3, -0.25) is 0 Å². The van der Waals surface area contributed by atoms with Crippen molar-refractivity contribution >= 4 is 9.82 Å². The van der Waals surface area contributed by atoms with Crippen molar-refractivity contribution in [3.63, 3.8) is 0 Å². The van der Waals surface area contributed by atoms with Crippen LogP contribution in [0.5, 0.6) is 0 Å². The molecule has 28 valence electrons. The summed E-state index contributed by atoms with van der Waals surface area (Å²) in [4.78, 5) is 0. The van der Waals surface area contributed by atoms with Crippen LogP contribution >= 0.6 is 9.82 Å². The zero-order valence-corrected chi connectivity index (χ0v) is 8.29. The summed E-state index contributed by atoms with van der Waals surface area (Å²) in [5.74, 6) is 0. The third-order valence-electron chi connectivity index (χ3n) is 0. The van der Waals surface area contributed by atoms with Crippen molar-refractivity contribution < 1.29 is 55.6 Å². The normalized spacial score (nSPS) is 1.00. The molecule has 0 atom stereocenters. The van der Waals surface area contributed by atoms with Gasteiger partial charge in [-0.1, -0.05) is 0 Å². The van der Waals surface area contributed by atoms with Crippen molar-refractivity contribution in [3.8, 4) is 0 Å². The van der Waals surface area contributed by atoms with E-state index in [-0.39, 0.29) is 37.6 Å². The summed E-state index contributed by atoms with van der Waals surface area (Å²) in [6.07, 6.45) is 0. The summed E-state index contributed by atoms with van der Waals surface area (Å²) in [5, 5.41) is 0. The molecule has 0 amide bonds. The molecule has 0 N–H and O–H groups in total. The van der Waals surface area contributed by atoms with Crippen molar-refractivity contribution in [2.45, 2.75) is 0 Å². The molecule has 0 heterocycles. The predicted octanol–water partition coefficient (Wildman–Crippen LogP) is 0.641. The Morgan fingerprint density at radius 3 is 1.25 bits per heavy atom. The van der Waals surface area contributed by atoms with Crippen LogP contribution in [-0.2, 0) is 55.6 Å². The molecule has 0 radical (unpaired) electrons. The van der Waals surface area contributed by atoms with Crippen LogP contribution in [0.4, 0.5) is 0 Å². The fraction of sp³-hybridized carbons (Fsp3) is 0. The Labute approximate surface area is 64.6 Å². The van der Waals surface area contributed by atoms with Crippen molar-refractivity contribution in [1.29, 1.82) is 0 Å². The second kappa shape index (κ2) is 19.5. The second-order valence-corrected chi connectivity index (χ2v) is 0. The zero-order valence-electron chi connectivity index (χ0n) is 1.54. The summed E-state index contributed by atoms with van der Waals surface area (Å²) in [5.41, 5.74) is 0. The summed E-state index contributed by atoms with van der Waals surface area (Å²) < 4.78 is 0. The second-order valence-electron chi connectivity index (χ2n) is 0. The van der Waals surface area contributed by atoms with Gasteiger partial charge >= 0.3 is 27.8 Å². The molecule has 0 spiro atoms. The molecule has 4 heteroatoms. The average molecular weight is 371 g/mol. The van der Waals surface area contributed by atoms with E-state index in [1.165, 1.54) is 18.0 Å². The Balaban J connectivity index is -0.00000000500. The minimum absolute atomic E-state index is 0. The molecular formula is MoNiSW. The third-order valence-corrected chi connectivity index (χ3v) is 0. The first-order valence-electron chi connectivity index (χ1n) is 0.167. The van der Waals surface area contributed by atoms with Crippen LogP contribution < -0.4 is 0 Å². The average Bonchev–Trinajstić information content (AvgIpc) is 1.00. The summed E-state index contributed by atoms with van der Waals surface area (Å²) in [6, 6.07) is 0. The van der Waals surface area contributed by atoms with Crippen LogP contribution in [0.25, 0.3) is 0 Å². The van der Waals surface area contributed by atoms with Gasteiger partial charge in [-0.2, -0.15) is 0 Å². The fourth-order valence-corrected chi connectivity index (χ4v) is 0. The first-order chi connectivity index (χ1) is 1.00. The Kier molecular flexibility index (Phi) is 80.5. The molecule has 0 aromatic carbocycles. The molecule has 0 nitrogen and oxygen atoms in total. The first kappa shape index (κ1) is 16.5. The Hall–Kier alpha value is 2.09. The van der Waals surface area contributed by atoms with Gasteiger partial charge in [-0.25, -0.2) is 0 Å². The molecule has 0 aliphatic rings. The zero-order chi connectivity index (χ0) is 2.00. The molecule has 0 saturated carbocycles. The summed E-state index contributed by atoms with van der Waals surface area (Å²) >= 11 is 1.17. The Bertz CT molecular complexity index is 8.00. The van der Waals surface area contributed by atoms with Crippen LogP contribution in [0.1, 0.15) is 0 Å². The molecule has 0 rings (SSSR count). The monoisotopic (exact) mass is 372 g/mol. The Morgan fingerprint density at radius 2 is 1.25 bits per heavy atom. The fourth-order valence-electron chi connectivity index (χ4n) is 0. The van der Waals surface area contributed by atoms with Gasteiger partial charge in [0.1, 0.15) is 0 Å². The molecular weight excluding hydrogens is 371 g/mol. The van der Waals surface area contributed by atoms with Crippen LogP contribution in [0.3, 0.4) is 0 Å². The summed E-state index contributed by atoms with van der Waals surface area (Å²) in [6.45, 7) is 0. The maximum atomic E-state index is 4.17. The van der Waals surface area contributed by atoms with Gasteiger partial charge < -0.3 is 0 Å². The van der Waals surface area contributed by atoms with Crippen LogP contribution in [0.15, 0.2) is 0 Å². The molecule has 0 aromatic heterocycles. The van der Waals surface area contributed by atoms with Crippen molar-refractivity contribution in [2.75, 3.05) is 0 Å². The number of rotatable bonds is 0. The molecule has 4 heavy (non-hydrogen) atoms. The van der Waals surface area contributed by atoms with Crippen molar-refractivity contribution in [3.05, 3.63) is 0 Å². The first-order valence-corrected chi connectivity index (χ1v) is 4.09. The molecule has 0 fully saturated rings. The molecule has 0 saturated heterocycles. The van der Waals surface area contributed by atoms with E-state index in [0.29, 0.717) is 0 Å². The van der Waals surface area contributed by atoms with E-state index in [9.17, 15) is 0 Å². The van der Waals surface area contributed by atoms with Gasteiger partial charge in [-0.15, -0.1) is 0 Å². The predicted molar refractivity (Wildman–Crippen MR) is 7.59 cm³/mol. The van der Waals surface area contributed by atoms with Crippen molar-refractivity contribution in [1.82, 2.24) is 0 Å². The summed E-state index contributed by atoms with van der Waals surface area (Å²) in [7, 11) is 4.17. The van der Waals surface area contributed by atoms with Gasteiger partial charge in [0, 0.05) is 37.6 Å². The van der Waals surface area contributed by atoms with E-state index < -0.39 is 0 Å². The molecule has 0 bridgehead atoms. The maximum absolute atomic E-state index is 4.17. The van der Waals surface area contributed by atoms with E-state index >= 15 is 0 Å². The van der Waals surface area contributed by atoms with Crippen molar-refractivity contribution in [2.24, 2.45) is 0 Å². The van der Waals surface area contributed by atoms with Crippen LogP contribution in [0.2, 0.25) is 0 Å². The third kappa shape index (κ3) is 8.94. The van der Waals surface area contributed by atoms with E-state index in [2.05, 4.69) is 9.82 Å². The molecule has 0 aromatic rings. The standard InChI is InChI=1S/Mo.Ni.S.W. The van der Waals surface area contributed by atoms with Crippen LogP contribution in [-0.4, -0.2) is 0 Å². The molecule has 0 aliphatic carbocycles. The van der Waals surface area contributed by atoms with Gasteiger partial charge in [0.15, 0.2) is 0 Å². The van der Waals surface area contributed by atoms with E-state index in [1.54, 1.807) is 0 Å². The van der Waals surface area contributed by atoms with Gasteiger partial charge in [0.05, 0.1) is 0 Å². The molecule has 0 aliphatic heterocycles. The number of hydrogen-bond acceptors (Lipinski definition) is 1. The van der Waals surface area contributed by atoms with Gasteiger partial charge in [-0.05, 0) is 0 Å². The van der Waals surface area contributed by atoms with E-state index in [1.807, 2.05) is 0 Å². The number of hydrogen-bond donors (Lipinski definition) is 0.